The number of hydrogen-bond donors (Lipinski definition) is 1. The van der Waals surface area contributed by atoms with E-state index in [1.165, 1.54) is 6.07 Å². The molecule has 0 saturated carbocycles. The average Bonchev–Trinajstić information content (AvgIpc) is 2.40. The average molecular weight is 287 g/mol. The monoisotopic (exact) mass is 287 g/mol. The highest BCUT2D eigenvalue weighted by Gasteiger charge is 2.33. The highest BCUT2D eigenvalue weighted by Crippen LogP contribution is 2.31. The summed E-state index contributed by atoms with van der Waals surface area (Å²) in [4.78, 5) is 5.90. The normalized spacial score (nSPS) is 19.9. The molecule has 0 amide bonds. The number of rotatable bonds is 3. The molecule has 0 aliphatic carbocycles. The Hall–Kier alpha value is -1.30. The second kappa shape index (κ2) is 5.60. The van der Waals surface area contributed by atoms with E-state index in [-0.39, 0.29) is 5.41 Å². The number of nitrogens with zero attached hydrogens (tertiary/aromatic N) is 2. The number of anilines is 1. The number of alkyl halides is 3. The Balaban J connectivity index is 1.97. The highest BCUT2D eigenvalue weighted by molar-refractivity contribution is 5.36. The lowest BCUT2D eigenvalue weighted by Gasteiger charge is -2.38. The number of pyridine rings is 1. The van der Waals surface area contributed by atoms with Gasteiger partial charge in [0, 0.05) is 6.54 Å². The first-order chi connectivity index (χ1) is 9.28. The molecule has 6 heteroatoms. The minimum Gasteiger partial charge on any atom is -0.370 e. The molecule has 2 rings (SSSR count). The molecule has 1 N–H and O–H groups in total. The SMILES string of the molecule is CN1CCC(C)(CNc2cccc(C(F)(F)F)n2)CC1. The van der Waals surface area contributed by atoms with Crippen LogP contribution in [0.2, 0.25) is 0 Å². The zero-order chi connectivity index (χ0) is 14.8. The fraction of sp³-hybridized carbons (Fsp3) is 0.643. The number of hydrogen-bond acceptors (Lipinski definition) is 3. The van der Waals surface area contributed by atoms with Crippen LogP contribution >= 0.6 is 0 Å². The smallest absolute Gasteiger partial charge is 0.370 e. The maximum absolute atomic E-state index is 12.6. The predicted octanol–water partition coefficient (Wildman–Crippen LogP) is 3.24. The van der Waals surface area contributed by atoms with Crippen molar-refractivity contribution in [3.05, 3.63) is 23.9 Å². The molecule has 0 bridgehead atoms. The standard InChI is InChI=1S/C14H20F3N3/c1-13(6-8-20(2)9-7-13)10-18-12-5-3-4-11(19-12)14(15,16)17/h3-5H,6-10H2,1-2H3,(H,18,19). The number of aromatic nitrogens is 1. The Morgan fingerprint density at radius 2 is 1.95 bits per heavy atom. The Bertz CT molecular complexity index is 451. The maximum Gasteiger partial charge on any atom is 0.433 e. The van der Waals surface area contributed by atoms with Crippen LogP contribution in [0, 0.1) is 5.41 Å². The van der Waals surface area contributed by atoms with Gasteiger partial charge in [-0.2, -0.15) is 13.2 Å². The molecular formula is C14H20F3N3. The molecule has 1 fully saturated rings. The molecule has 1 aromatic heterocycles. The van der Waals surface area contributed by atoms with Crippen LogP contribution in [0.1, 0.15) is 25.5 Å². The third kappa shape index (κ3) is 3.85. The lowest BCUT2D eigenvalue weighted by molar-refractivity contribution is -0.141. The van der Waals surface area contributed by atoms with Gasteiger partial charge in [-0.05, 0) is 50.5 Å². The molecule has 3 nitrogen and oxygen atoms in total. The molecule has 0 atom stereocenters. The van der Waals surface area contributed by atoms with E-state index in [0.717, 1.165) is 32.0 Å². The molecule has 1 saturated heterocycles. The van der Waals surface area contributed by atoms with E-state index in [1.54, 1.807) is 6.07 Å². The zero-order valence-corrected chi connectivity index (χ0v) is 11.8. The van der Waals surface area contributed by atoms with Crippen molar-refractivity contribution in [2.24, 2.45) is 5.41 Å². The number of nitrogens with one attached hydrogen (secondary N) is 1. The summed E-state index contributed by atoms with van der Waals surface area (Å²) in [6, 6.07) is 3.95. The molecule has 0 unspecified atom stereocenters. The summed E-state index contributed by atoms with van der Waals surface area (Å²) in [6.07, 6.45) is -2.32. The quantitative estimate of drug-likeness (QED) is 0.925. The Morgan fingerprint density at radius 1 is 1.30 bits per heavy atom. The van der Waals surface area contributed by atoms with E-state index in [4.69, 9.17) is 0 Å². The third-order valence-corrected chi connectivity index (χ3v) is 3.93. The van der Waals surface area contributed by atoms with E-state index >= 15 is 0 Å². The zero-order valence-electron chi connectivity index (χ0n) is 11.8. The van der Waals surface area contributed by atoms with E-state index in [9.17, 15) is 13.2 Å². The van der Waals surface area contributed by atoms with Crippen LogP contribution in [-0.2, 0) is 6.18 Å². The van der Waals surface area contributed by atoms with Crippen LogP contribution in [0.15, 0.2) is 18.2 Å². The topological polar surface area (TPSA) is 28.2 Å². The molecule has 0 aromatic carbocycles. The summed E-state index contributed by atoms with van der Waals surface area (Å²) >= 11 is 0. The fourth-order valence-electron chi connectivity index (χ4n) is 2.33. The maximum atomic E-state index is 12.6. The van der Waals surface area contributed by atoms with Crippen molar-refractivity contribution in [3.8, 4) is 0 Å². The van der Waals surface area contributed by atoms with Gasteiger partial charge in [0.15, 0.2) is 0 Å². The first-order valence-corrected chi connectivity index (χ1v) is 6.75. The number of piperidine rings is 1. The molecule has 112 valence electrons. The Labute approximate surface area is 117 Å². The largest absolute Gasteiger partial charge is 0.433 e. The van der Waals surface area contributed by atoms with Gasteiger partial charge in [-0.15, -0.1) is 0 Å². The summed E-state index contributed by atoms with van der Waals surface area (Å²) in [7, 11) is 2.08. The van der Waals surface area contributed by atoms with Gasteiger partial charge in [-0.1, -0.05) is 13.0 Å². The molecular weight excluding hydrogens is 267 g/mol. The van der Waals surface area contributed by atoms with Crippen LogP contribution in [0.25, 0.3) is 0 Å². The first kappa shape index (κ1) is 15.1. The molecule has 1 aliphatic rings. The second-order valence-electron chi connectivity index (χ2n) is 5.87. The summed E-state index contributed by atoms with van der Waals surface area (Å²) in [5, 5.41) is 3.05. The van der Waals surface area contributed by atoms with Crippen molar-refractivity contribution in [3.63, 3.8) is 0 Å². The number of halogens is 3. The Morgan fingerprint density at radius 3 is 2.55 bits per heavy atom. The number of likely N-dealkylation sites (tertiary alicyclic amines) is 1. The van der Waals surface area contributed by atoms with Gasteiger partial charge in [-0.25, -0.2) is 4.98 Å². The molecule has 20 heavy (non-hydrogen) atoms. The molecule has 1 aromatic rings. The summed E-state index contributed by atoms with van der Waals surface area (Å²) < 4.78 is 37.8. The van der Waals surface area contributed by atoms with Crippen LogP contribution in [0.4, 0.5) is 19.0 Å². The van der Waals surface area contributed by atoms with Gasteiger partial charge in [0.2, 0.25) is 0 Å². The van der Waals surface area contributed by atoms with Crippen molar-refractivity contribution in [1.29, 1.82) is 0 Å². The van der Waals surface area contributed by atoms with E-state index in [2.05, 4.69) is 29.2 Å². The minimum atomic E-state index is -4.39. The molecule has 2 heterocycles. The van der Waals surface area contributed by atoms with Crippen molar-refractivity contribution in [2.45, 2.75) is 25.9 Å². The van der Waals surface area contributed by atoms with E-state index < -0.39 is 11.9 Å². The second-order valence-corrected chi connectivity index (χ2v) is 5.87. The van der Waals surface area contributed by atoms with Crippen molar-refractivity contribution in [2.75, 3.05) is 32.0 Å². The van der Waals surface area contributed by atoms with Gasteiger partial charge in [0.1, 0.15) is 11.5 Å². The van der Waals surface area contributed by atoms with Crippen LogP contribution in [0.3, 0.4) is 0 Å². The lowest BCUT2D eigenvalue weighted by atomic mass is 9.80. The van der Waals surface area contributed by atoms with Gasteiger partial charge in [0.25, 0.3) is 0 Å². The predicted molar refractivity (Wildman–Crippen MR) is 72.6 cm³/mol. The van der Waals surface area contributed by atoms with Crippen molar-refractivity contribution >= 4 is 5.82 Å². The summed E-state index contributed by atoms with van der Waals surface area (Å²) in [5.41, 5.74) is -0.737. The Kier molecular flexibility index (Phi) is 4.22. The van der Waals surface area contributed by atoms with E-state index in [0.29, 0.717) is 12.4 Å². The highest BCUT2D eigenvalue weighted by atomic mass is 19.4. The van der Waals surface area contributed by atoms with Crippen molar-refractivity contribution < 1.29 is 13.2 Å². The van der Waals surface area contributed by atoms with Crippen molar-refractivity contribution in [1.82, 2.24) is 9.88 Å². The van der Waals surface area contributed by atoms with Gasteiger partial charge in [0.05, 0.1) is 0 Å². The summed E-state index contributed by atoms with van der Waals surface area (Å²) in [6.45, 7) is 4.86. The fourth-order valence-corrected chi connectivity index (χ4v) is 2.33. The summed E-state index contributed by atoms with van der Waals surface area (Å²) in [5.74, 6) is 0.292. The third-order valence-electron chi connectivity index (χ3n) is 3.93. The van der Waals surface area contributed by atoms with E-state index in [1.807, 2.05) is 0 Å². The van der Waals surface area contributed by atoms with Crippen LogP contribution in [0.5, 0.6) is 0 Å². The first-order valence-electron chi connectivity index (χ1n) is 6.75. The lowest BCUT2D eigenvalue weighted by Crippen LogP contribution is -2.40. The molecule has 1 aliphatic heterocycles. The van der Waals surface area contributed by atoms with Crippen LogP contribution in [-0.4, -0.2) is 36.6 Å². The minimum absolute atomic E-state index is 0.114. The van der Waals surface area contributed by atoms with Gasteiger partial charge < -0.3 is 10.2 Å². The van der Waals surface area contributed by atoms with Gasteiger partial charge >= 0.3 is 6.18 Å². The van der Waals surface area contributed by atoms with Gasteiger partial charge in [-0.3, -0.25) is 0 Å². The molecule has 0 radical (unpaired) electrons. The van der Waals surface area contributed by atoms with Crippen LogP contribution < -0.4 is 5.32 Å². The molecule has 0 spiro atoms.